The van der Waals surface area contributed by atoms with E-state index >= 15 is 0 Å². The minimum Gasteiger partial charge on any atom is -0.481 e. The fourth-order valence-corrected chi connectivity index (χ4v) is 3.00. The second-order valence-corrected chi connectivity index (χ2v) is 4.90. The van der Waals surface area contributed by atoms with Gasteiger partial charge < -0.3 is 10.1 Å². The van der Waals surface area contributed by atoms with Crippen LogP contribution in [0.15, 0.2) is 36.5 Å². The van der Waals surface area contributed by atoms with Crippen LogP contribution in [0.5, 0.6) is 5.88 Å². The van der Waals surface area contributed by atoms with Gasteiger partial charge in [0.25, 0.3) is 0 Å². The van der Waals surface area contributed by atoms with E-state index in [9.17, 15) is 0 Å². The van der Waals surface area contributed by atoms with Crippen molar-refractivity contribution in [3.63, 3.8) is 0 Å². The lowest BCUT2D eigenvalue weighted by molar-refractivity contribution is 0.398. The van der Waals surface area contributed by atoms with Crippen LogP contribution in [0.3, 0.4) is 0 Å². The summed E-state index contributed by atoms with van der Waals surface area (Å²) in [5.74, 6) is 1.95. The molecule has 102 valence electrons. The highest BCUT2D eigenvalue weighted by atomic mass is 35.5. The van der Waals surface area contributed by atoms with Gasteiger partial charge in [0.1, 0.15) is 0 Å². The molecular formula is C15H19ClN2O. The number of fused-ring (bicyclic) bond motifs is 5. The van der Waals surface area contributed by atoms with E-state index in [-0.39, 0.29) is 12.4 Å². The van der Waals surface area contributed by atoms with Crippen LogP contribution >= 0.6 is 12.4 Å². The molecule has 2 unspecified atom stereocenters. The van der Waals surface area contributed by atoms with Crippen molar-refractivity contribution in [2.45, 2.75) is 18.3 Å². The Labute approximate surface area is 120 Å². The number of hydrogen-bond acceptors (Lipinski definition) is 3. The molecule has 2 atom stereocenters. The maximum Gasteiger partial charge on any atom is 0.212 e. The first-order chi connectivity index (χ1) is 8.88. The lowest BCUT2D eigenvalue weighted by Crippen LogP contribution is -2.28. The van der Waals surface area contributed by atoms with Gasteiger partial charge in [0.2, 0.25) is 5.88 Å². The highest BCUT2D eigenvalue weighted by molar-refractivity contribution is 5.85. The van der Waals surface area contributed by atoms with Crippen molar-refractivity contribution in [2.75, 3.05) is 20.2 Å². The summed E-state index contributed by atoms with van der Waals surface area (Å²) in [6, 6.07) is 10.3. The predicted octanol–water partition coefficient (Wildman–Crippen LogP) is 2.81. The molecule has 3 nitrogen and oxygen atoms in total. The van der Waals surface area contributed by atoms with Crippen LogP contribution in [-0.2, 0) is 0 Å². The summed E-state index contributed by atoms with van der Waals surface area (Å²) in [4.78, 5) is 4.32. The molecule has 4 heteroatoms. The smallest absolute Gasteiger partial charge is 0.212 e. The van der Waals surface area contributed by atoms with Gasteiger partial charge in [-0.2, -0.15) is 0 Å². The van der Waals surface area contributed by atoms with Crippen LogP contribution < -0.4 is 10.1 Å². The number of hydrogen-bond donors (Lipinski definition) is 1. The second-order valence-electron chi connectivity index (χ2n) is 4.90. The number of piperidine rings is 1. The van der Waals surface area contributed by atoms with Crippen LogP contribution in [0.25, 0.3) is 0 Å². The molecule has 1 aliphatic heterocycles. The molecule has 1 aromatic rings. The molecule has 0 aromatic carbocycles. The Morgan fingerprint density at radius 3 is 2.53 bits per heavy atom. The largest absolute Gasteiger partial charge is 0.481 e. The van der Waals surface area contributed by atoms with Crippen LogP contribution in [0.4, 0.5) is 0 Å². The molecule has 0 radical (unpaired) electrons. The summed E-state index contributed by atoms with van der Waals surface area (Å²) in [7, 11) is 1.64. The average Bonchev–Trinajstić information content (AvgIpc) is 2.65. The van der Waals surface area contributed by atoms with E-state index in [1.807, 2.05) is 18.3 Å². The Morgan fingerprint density at radius 2 is 1.79 bits per heavy atom. The second kappa shape index (κ2) is 6.22. The zero-order valence-electron chi connectivity index (χ0n) is 11.0. The third kappa shape index (κ3) is 2.82. The molecule has 2 bridgehead atoms. The van der Waals surface area contributed by atoms with Crippen molar-refractivity contribution in [1.29, 1.82) is 0 Å². The van der Waals surface area contributed by atoms with Gasteiger partial charge in [-0.05, 0) is 35.4 Å². The van der Waals surface area contributed by atoms with Crippen molar-refractivity contribution in [1.82, 2.24) is 10.3 Å². The molecule has 2 heterocycles. The Bertz CT molecular complexity index is 505. The molecule has 1 saturated heterocycles. The predicted molar refractivity (Wildman–Crippen MR) is 78.6 cm³/mol. The van der Waals surface area contributed by atoms with Gasteiger partial charge in [-0.15, -0.1) is 12.4 Å². The molecule has 3 rings (SSSR count). The van der Waals surface area contributed by atoms with Crippen molar-refractivity contribution in [3.8, 4) is 5.88 Å². The van der Waals surface area contributed by atoms with Crippen LogP contribution in [0.2, 0.25) is 0 Å². The van der Waals surface area contributed by atoms with Crippen LogP contribution in [0, 0.1) is 0 Å². The van der Waals surface area contributed by atoms with Gasteiger partial charge in [0, 0.05) is 25.4 Å². The number of halogens is 1. The van der Waals surface area contributed by atoms with Gasteiger partial charge in [0.05, 0.1) is 7.11 Å². The molecule has 0 spiro atoms. The summed E-state index contributed by atoms with van der Waals surface area (Å²) >= 11 is 0. The maximum absolute atomic E-state index is 5.17. The van der Waals surface area contributed by atoms with Crippen molar-refractivity contribution < 1.29 is 4.74 Å². The van der Waals surface area contributed by atoms with Gasteiger partial charge in [-0.1, -0.05) is 18.2 Å². The summed E-state index contributed by atoms with van der Waals surface area (Å²) in [5.41, 5.74) is 2.91. The molecule has 1 fully saturated rings. The monoisotopic (exact) mass is 278 g/mol. The van der Waals surface area contributed by atoms with E-state index < -0.39 is 0 Å². The molecule has 0 saturated carbocycles. The first-order valence-corrected chi connectivity index (χ1v) is 6.46. The van der Waals surface area contributed by atoms with E-state index in [2.05, 4.69) is 28.5 Å². The van der Waals surface area contributed by atoms with E-state index in [1.165, 1.54) is 17.5 Å². The number of nitrogens with zero attached hydrogens (tertiary/aromatic N) is 1. The van der Waals surface area contributed by atoms with Crippen LogP contribution in [0.1, 0.15) is 29.4 Å². The number of ether oxygens (including phenoxy) is 1. The van der Waals surface area contributed by atoms with E-state index in [4.69, 9.17) is 4.74 Å². The van der Waals surface area contributed by atoms with Crippen molar-refractivity contribution in [3.05, 3.63) is 47.7 Å². The quantitative estimate of drug-likeness (QED) is 0.858. The topological polar surface area (TPSA) is 34.1 Å². The highest BCUT2D eigenvalue weighted by Gasteiger charge is 2.32. The van der Waals surface area contributed by atoms with E-state index in [0.717, 1.165) is 13.1 Å². The van der Waals surface area contributed by atoms with Gasteiger partial charge in [-0.25, -0.2) is 4.98 Å². The summed E-state index contributed by atoms with van der Waals surface area (Å²) in [6.45, 7) is 2.19. The molecule has 2 aliphatic rings. The molecule has 0 amide bonds. The average molecular weight is 279 g/mol. The van der Waals surface area contributed by atoms with E-state index in [0.29, 0.717) is 17.7 Å². The standard InChI is InChI=1S/C15H18N2O.ClH/c1-18-15-5-3-2-4-13-11-8-12(10-16-9-11)14(13)6-7-17-15;/h2-7,11-12,16H,8-10H2,1H3;1H. The zero-order chi connectivity index (χ0) is 12.4. The minimum absolute atomic E-state index is 0. The number of methoxy groups -OCH3 is 1. The summed E-state index contributed by atoms with van der Waals surface area (Å²) in [5, 5.41) is 3.51. The Hall–Kier alpha value is -1.32. The molecule has 1 aromatic heterocycles. The lowest BCUT2D eigenvalue weighted by atomic mass is 9.97. The number of aromatic nitrogens is 1. The first-order valence-electron chi connectivity index (χ1n) is 6.46. The first kappa shape index (κ1) is 14.1. The molecule has 1 aliphatic carbocycles. The lowest BCUT2D eigenvalue weighted by Gasteiger charge is -2.19. The molecule has 1 N–H and O–H groups in total. The third-order valence-corrected chi connectivity index (χ3v) is 3.85. The fraction of sp³-hybridized carbons (Fsp3) is 0.400. The molecular weight excluding hydrogens is 260 g/mol. The van der Waals surface area contributed by atoms with Gasteiger partial charge >= 0.3 is 0 Å². The highest BCUT2D eigenvalue weighted by Crippen LogP contribution is 2.42. The van der Waals surface area contributed by atoms with Gasteiger partial charge in [0.15, 0.2) is 0 Å². The van der Waals surface area contributed by atoms with E-state index in [1.54, 1.807) is 7.11 Å². The number of rotatable bonds is 1. The summed E-state index contributed by atoms with van der Waals surface area (Å²) < 4.78 is 5.17. The Kier molecular flexibility index (Phi) is 4.61. The zero-order valence-corrected chi connectivity index (χ0v) is 11.8. The summed E-state index contributed by atoms with van der Waals surface area (Å²) in [6.07, 6.45) is 3.13. The molecule has 19 heavy (non-hydrogen) atoms. The Morgan fingerprint density at radius 1 is 1.11 bits per heavy atom. The maximum atomic E-state index is 5.17. The minimum atomic E-state index is 0. The Balaban J connectivity index is 0.00000133. The fourth-order valence-electron chi connectivity index (χ4n) is 3.00. The van der Waals surface area contributed by atoms with Crippen LogP contribution in [-0.4, -0.2) is 25.2 Å². The van der Waals surface area contributed by atoms with Gasteiger partial charge in [-0.3, -0.25) is 0 Å². The third-order valence-electron chi connectivity index (χ3n) is 3.85. The van der Waals surface area contributed by atoms with Crippen molar-refractivity contribution >= 4 is 12.4 Å². The normalized spacial score (nSPS) is 22.8. The van der Waals surface area contributed by atoms with Crippen molar-refractivity contribution in [2.24, 2.45) is 0 Å². The number of nitrogens with one attached hydrogen (secondary N) is 1. The SMILES string of the molecule is COc1ccccc2c(ccn1)C1CNCC2C1.Cl.